The second-order valence-corrected chi connectivity index (χ2v) is 19.7. The quantitative estimate of drug-likeness (QED) is 0.143. The largest absolute Gasteiger partial charge is 0.310 e. The van der Waals surface area contributed by atoms with E-state index in [9.17, 15) is 0 Å². The maximum Gasteiger partial charge on any atom is 0.0661 e. The van der Waals surface area contributed by atoms with Gasteiger partial charge in [0.1, 0.15) is 0 Å². The maximum absolute atomic E-state index is 2.48. The van der Waals surface area contributed by atoms with Crippen LogP contribution in [-0.4, -0.2) is 0 Å². The van der Waals surface area contributed by atoms with E-state index in [1.165, 1.54) is 60.5 Å². The molecule has 0 spiro atoms. The Morgan fingerprint density at radius 3 is 1.12 bits per heavy atom. The summed E-state index contributed by atoms with van der Waals surface area (Å²) >= 11 is 5.59. The van der Waals surface area contributed by atoms with Gasteiger partial charge in [0.25, 0.3) is 0 Å². The van der Waals surface area contributed by atoms with Crippen LogP contribution in [0.4, 0.5) is 51.2 Å². The smallest absolute Gasteiger partial charge is 0.0661 e. The van der Waals surface area contributed by atoms with E-state index in [1.54, 1.807) is 0 Å². The Kier molecular flexibility index (Phi) is 9.41. The van der Waals surface area contributed by atoms with Gasteiger partial charge in [0.2, 0.25) is 0 Å². The van der Waals surface area contributed by atoms with Crippen molar-refractivity contribution in [2.45, 2.75) is 0 Å². The number of rotatable bonds is 9. The van der Waals surface area contributed by atoms with Crippen molar-refractivity contribution >= 4 is 146 Å². The first kappa shape index (κ1) is 38.7. The van der Waals surface area contributed by atoms with E-state index in [0.29, 0.717) is 0 Å². The van der Waals surface area contributed by atoms with E-state index < -0.39 is 0 Å². The van der Waals surface area contributed by atoms with Crippen LogP contribution in [0.3, 0.4) is 0 Å². The van der Waals surface area contributed by atoms with Gasteiger partial charge in [-0.25, -0.2) is 0 Å². The van der Waals surface area contributed by atoms with Gasteiger partial charge in [-0.15, -0.1) is 34.0 Å². The van der Waals surface area contributed by atoms with Crippen LogP contribution in [0.1, 0.15) is 0 Å². The lowest BCUT2D eigenvalue weighted by atomic mass is 10.1. The number of nitrogens with zero attached hydrogens (tertiary/aromatic N) is 3. The lowest BCUT2D eigenvalue weighted by molar-refractivity contribution is 1.27. The van der Waals surface area contributed by atoms with Crippen molar-refractivity contribution in [1.82, 2.24) is 0 Å². The molecule has 13 rings (SSSR count). The number of benzene rings is 10. The van der Waals surface area contributed by atoms with E-state index in [-0.39, 0.29) is 0 Å². The number of thiophene rings is 3. The predicted octanol–water partition coefficient (Wildman–Crippen LogP) is 19.2. The highest BCUT2D eigenvalue weighted by molar-refractivity contribution is 7.27. The van der Waals surface area contributed by atoms with Crippen molar-refractivity contribution in [3.05, 3.63) is 237 Å². The molecule has 13 aromatic rings. The van der Waals surface area contributed by atoms with Gasteiger partial charge < -0.3 is 14.7 Å². The van der Waals surface area contributed by atoms with Crippen molar-refractivity contribution in [1.29, 1.82) is 0 Å². The molecular formula is C60H39N3S3. The van der Waals surface area contributed by atoms with Gasteiger partial charge in [-0.3, -0.25) is 0 Å². The number of para-hydroxylation sites is 4. The molecule has 0 radical (unpaired) electrons. The van der Waals surface area contributed by atoms with E-state index in [4.69, 9.17) is 0 Å². The van der Waals surface area contributed by atoms with Crippen LogP contribution < -0.4 is 14.7 Å². The summed E-state index contributed by atoms with van der Waals surface area (Å²) in [6.07, 6.45) is 0. The lowest BCUT2D eigenvalue weighted by Crippen LogP contribution is -2.13. The number of hydrogen-bond acceptors (Lipinski definition) is 6. The van der Waals surface area contributed by atoms with Crippen LogP contribution >= 0.6 is 34.0 Å². The molecule has 66 heavy (non-hydrogen) atoms. The molecule has 0 aliphatic rings. The van der Waals surface area contributed by atoms with Gasteiger partial charge in [0.05, 0.1) is 10.4 Å². The van der Waals surface area contributed by atoms with Crippen molar-refractivity contribution in [2.75, 3.05) is 14.7 Å². The minimum absolute atomic E-state index is 1.08. The molecule has 312 valence electrons. The van der Waals surface area contributed by atoms with Crippen LogP contribution in [-0.2, 0) is 0 Å². The summed E-state index contributed by atoms with van der Waals surface area (Å²) < 4.78 is 7.60. The van der Waals surface area contributed by atoms with Crippen molar-refractivity contribution < 1.29 is 0 Å². The van der Waals surface area contributed by atoms with Gasteiger partial charge in [-0.2, -0.15) is 0 Å². The average Bonchev–Trinajstić information content (AvgIpc) is 4.06. The number of anilines is 9. The minimum atomic E-state index is 1.08. The molecule has 0 N–H and O–H groups in total. The molecule has 3 nitrogen and oxygen atoms in total. The Labute approximate surface area is 394 Å². The van der Waals surface area contributed by atoms with Gasteiger partial charge in [-0.05, 0) is 115 Å². The molecule has 10 aromatic carbocycles. The molecule has 0 fully saturated rings. The zero-order valence-electron chi connectivity index (χ0n) is 35.6. The molecule has 0 atom stereocenters. The summed E-state index contributed by atoms with van der Waals surface area (Å²) in [5, 5.41) is 7.59. The first-order valence-corrected chi connectivity index (χ1v) is 24.6. The Balaban J connectivity index is 1.10. The Bertz CT molecular complexity index is 3860. The molecular weight excluding hydrogens is 859 g/mol. The molecule has 3 aromatic heterocycles. The summed E-state index contributed by atoms with van der Waals surface area (Å²) in [4.78, 5) is 7.28. The zero-order valence-corrected chi connectivity index (χ0v) is 38.0. The Morgan fingerprint density at radius 2 is 0.591 bits per heavy atom. The second-order valence-electron chi connectivity index (χ2n) is 16.5. The fourth-order valence-corrected chi connectivity index (χ4v) is 13.1. The van der Waals surface area contributed by atoms with Crippen LogP contribution in [0.5, 0.6) is 0 Å². The standard InChI is InChI=1S/C60H39N3S3/c1-5-17-40(18-6-1)61(41-19-7-2-8-20-41)44-31-34-57-52(35-44)53-36-47(62(42-21-9-3-10-22-42)45-29-32-50-48-25-13-15-27-55(48)64-58(50)38-45)37-54(60(53)66-57)63(43-23-11-4-12-24-43)46-30-33-51-49-26-14-16-28-56(49)65-59(51)39-46/h1-39H. The molecule has 0 amide bonds. The second kappa shape index (κ2) is 16.1. The van der Waals surface area contributed by atoms with Crippen molar-refractivity contribution in [2.24, 2.45) is 0 Å². The van der Waals surface area contributed by atoms with Gasteiger partial charge in [0.15, 0.2) is 0 Å². The molecule has 0 unspecified atom stereocenters. The maximum atomic E-state index is 2.48. The third-order valence-electron chi connectivity index (χ3n) is 12.6. The van der Waals surface area contributed by atoms with Gasteiger partial charge in [-0.1, -0.05) is 121 Å². The molecule has 0 bridgehead atoms. The minimum Gasteiger partial charge on any atom is -0.310 e. The highest BCUT2D eigenvalue weighted by Gasteiger charge is 2.25. The summed E-state index contributed by atoms with van der Waals surface area (Å²) in [6, 6.07) is 86.5. The van der Waals surface area contributed by atoms with E-state index in [1.807, 2.05) is 34.0 Å². The average molecular weight is 898 g/mol. The summed E-state index contributed by atoms with van der Waals surface area (Å²) in [5.41, 5.74) is 9.98. The zero-order chi connectivity index (χ0) is 43.6. The number of hydrogen-bond donors (Lipinski definition) is 0. The van der Waals surface area contributed by atoms with Crippen LogP contribution in [0, 0.1) is 0 Å². The first-order chi connectivity index (χ1) is 32.7. The molecule has 0 aliphatic carbocycles. The highest BCUT2D eigenvalue weighted by atomic mass is 32.1. The van der Waals surface area contributed by atoms with E-state index >= 15 is 0 Å². The normalized spacial score (nSPS) is 11.6. The SMILES string of the molecule is c1ccc(N(c2ccccc2)c2ccc3sc4c(N(c5ccccc5)c5ccc6c(c5)sc5ccccc56)cc(N(c5ccccc5)c5ccc6c(c5)sc5ccccc56)cc4c3c2)cc1. The van der Waals surface area contributed by atoms with Crippen LogP contribution in [0.25, 0.3) is 60.5 Å². The molecule has 3 heterocycles. The third kappa shape index (κ3) is 6.61. The summed E-state index contributed by atoms with van der Waals surface area (Å²) in [7, 11) is 0. The lowest BCUT2D eigenvalue weighted by Gasteiger charge is -2.30. The first-order valence-electron chi connectivity index (χ1n) is 22.2. The molecule has 6 heteroatoms. The fraction of sp³-hybridized carbons (Fsp3) is 0. The number of fused-ring (bicyclic) bond motifs is 9. The van der Waals surface area contributed by atoms with Crippen LogP contribution in [0.2, 0.25) is 0 Å². The third-order valence-corrected chi connectivity index (χ3v) is 16.1. The monoisotopic (exact) mass is 897 g/mol. The van der Waals surface area contributed by atoms with E-state index in [0.717, 1.165) is 51.2 Å². The highest BCUT2D eigenvalue weighted by Crippen LogP contribution is 2.51. The van der Waals surface area contributed by atoms with Gasteiger partial charge in [0, 0.05) is 101 Å². The van der Waals surface area contributed by atoms with Crippen molar-refractivity contribution in [3.8, 4) is 0 Å². The Hall–Kier alpha value is -7.74. The summed E-state index contributed by atoms with van der Waals surface area (Å²) in [5.74, 6) is 0. The molecule has 0 saturated carbocycles. The molecule has 0 saturated heterocycles. The van der Waals surface area contributed by atoms with Crippen LogP contribution in [0.15, 0.2) is 237 Å². The topological polar surface area (TPSA) is 9.72 Å². The Morgan fingerprint density at radius 1 is 0.212 bits per heavy atom. The van der Waals surface area contributed by atoms with Gasteiger partial charge >= 0.3 is 0 Å². The predicted molar refractivity (Wildman–Crippen MR) is 289 cm³/mol. The van der Waals surface area contributed by atoms with E-state index in [2.05, 4.69) is 251 Å². The summed E-state index contributed by atoms with van der Waals surface area (Å²) in [6.45, 7) is 0. The molecule has 0 aliphatic heterocycles. The fourth-order valence-electron chi connectivity index (χ4n) is 9.60. The van der Waals surface area contributed by atoms with Crippen molar-refractivity contribution in [3.63, 3.8) is 0 Å².